The summed E-state index contributed by atoms with van der Waals surface area (Å²) >= 11 is 0. The van der Waals surface area contributed by atoms with E-state index in [1.54, 1.807) is 24.9 Å². The van der Waals surface area contributed by atoms with E-state index in [9.17, 15) is 26.7 Å². The molecule has 0 radical (unpaired) electrons. The van der Waals surface area contributed by atoms with Crippen LogP contribution in [0.5, 0.6) is 5.88 Å². The van der Waals surface area contributed by atoms with E-state index in [4.69, 9.17) is 4.84 Å². The highest BCUT2D eigenvalue weighted by molar-refractivity contribution is 5.99. The molecule has 200 valence electrons. The topological polar surface area (TPSA) is 93.5 Å². The van der Waals surface area contributed by atoms with Gasteiger partial charge in [-0.05, 0) is 38.8 Å². The monoisotopic (exact) mass is 534 g/mol. The lowest BCUT2D eigenvalue weighted by molar-refractivity contribution is -0.145. The SMILES string of the molecule is CC(=NOc1ccnc(C(F)(F)F)n1)c1cnc(C)nc1C1CCN(C(=O)Cc2c(F)cccc2F)CC1. The second-order valence-electron chi connectivity index (χ2n) is 8.73. The number of carbonyl (C=O) groups is 1. The molecule has 3 heterocycles. The van der Waals surface area contributed by atoms with Crippen LogP contribution in [0.1, 0.15) is 54.2 Å². The molecule has 1 aliphatic rings. The number of aromatic nitrogens is 4. The zero-order valence-corrected chi connectivity index (χ0v) is 20.5. The summed E-state index contributed by atoms with van der Waals surface area (Å²) in [6.45, 7) is 4.04. The molecule has 0 unspecified atom stereocenters. The van der Waals surface area contributed by atoms with Crippen molar-refractivity contribution in [3.63, 3.8) is 0 Å². The van der Waals surface area contributed by atoms with Gasteiger partial charge in [0.15, 0.2) is 0 Å². The van der Waals surface area contributed by atoms with Crippen molar-refractivity contribution in [2.75, 3.05) is 13.1 Å². The number of halogens is 5. The fourth-order valence-electron chi connectivity index (χ4n) is 4.14. The number of carbonyl (C=O) groups excluding carboxylic acids is 1. The lowest BCUT2D eigenvalue weighted by Gasteiger charge is -2.32. The molecule has 0 saturated carbocycles. The third kappa shape index (κ3) is 6.26. The number of rotatable bonds is 6. The number of alkyl halides is 3. The first-order chi connectivity index (χ1) is 18.0. The van der Waals surface area contributed by atoms with Gasteiger partial charge in [0.1, 0.15) is 17.5 Å². The smallest absolute Gasteiger partial charge is 0.342 e. The van der Waals surface area contributed by atoms with E-state index in [1.807, 2.05) is 0 Å². The standard InChI is InChI=1S/C25H23F5N6O2/c1-14(35-38-21-6-9-31-24(34-21)25(28,29)30)18-13-32-15(2)33-23(18)16-7-10-36(11-8-16)22(37)12-17-19(26)4-3-5-20(17)27/h3-6,9,13,16H,7-8,10-12H2,1-2H3. The highest BCUT2D eigenvalue weighted by Gasteiger charge is 2.35. The molecule has 4 rings (SSSR count). The summed E-state index contributed by atoms with van der Waals surface area (Å²) in [4.78, 5) is 34.6. The summed E-state index contributed by atoms with van der Waals surface area (Å²) in [5.41, 5.74) is 1.26. The quantitative estimate of drug-likeness (QED) is 0.260. The molecule has 0 N–H and O–H groups in total. The number of hydrogen-bond acceptors (Lipinski definition) is 7. The fourth-order valence-corrected chi connectivity index (χ4v) is 4.14. The van der Waals surface area contributed by atoms with Gasteiger partial charge in [0.25, 0.3) is 5.88 Å². The number of nitrogens with zero attached hydrogens (tertiary/aromatic N) is 6. The van der Waals surface area contributed by atoms with Gasteiger partial charge in [-0.25, -0.2) is 23.7 Å². The summed E-state index contributed by atoms with van der Waals surface area (Å²) in [7, 11) is 0. The van der Waals surface area contributed by atoms with E-state index in [-0.39, 0.29) is 29.7 Å². The van der Waals surface area contributed by atoms with Crippen LogP contribution in [0.3, 0.4) is 0 Å². The summed E-state index contributed by atoms with van der Waals surface area (Å²) in [5.74, 6) is -3.19. The van der Waals surface area contributed by atoms with Gasteiger partial charge in [-0.1, -0.05) is 11.2 Å². The Kier molecular flexibility index (Phi) is 7.93. The van der Waals surface area contributed by atoms with Crippen molar-refractivity contribution in [3.8, 4) is 5.88 Å². The minimum Gasteiger partial charge on any atom is -0.342 e. The fraction of sp³-hybridized carbons (Fsp3) is 0.360. The Balaban J connectivity index is 1.46. The van der Waals surface area contributed by atoms with Crippen LogP contribution in [0.2, 0.25) is 0 Å². The van der Waals surface area contributed by atoms with Crippen molar-refractivity contribution in [3.05, 3.63) is 76.8 Å². The summed E-state index contributed by atoms with van der Waals surface area (Å²) in [5, 5.41) is 3.92. The van der Waals surface area contributed by atoms with Gasteiger partial charge in [-0.2, -0.15) is 18.2 Å². The lowest BCUT2D eigenvalue weighted by atomic mass is 9.89. The number of oxime groups is 1. The Morgan fingerprint density at radius 1 is 1.11 bits per heavy atom. The van der Waals surface area contributed by atoms with Gasteiger partial charge < -0.3 is 9.74 Å². The largest absolute Gasteiger partial charge is 0.451 e. The second kappa shape index (κ2) is 11.2. The normalized spacial score (nSPS) is 15.0. The van der Waals surface area contributed by atoms with Gasteiger partial charge in [0.2, 0.25) is 11.7 Å². The van der Waals surface area contributed by atoms with Crippen molar-refractivity contribution in [1.29, 1.82) is 0 Å². The first kappa shape index (κ1) is 27.0. The minimum absolute atomic E-state index is 0.0815. The van der Waals surface area contributed by atoms with Crippen LogP contribution in [0.4, 0.5) is 22.0 Å². The Hall–Kier alpha value is -4.03. The van der Waals surface area contributed by atoms with Crippen molar-refractivity contribution in [2.45, 2.75) is 45.2 Å². The maximum atomic E-state index is 14.0. The molecule has 3 aromatic rings. The van der Waals surface area contributed by atoms with E-state index in [0.29, 0.717) is 48.7 Å². The zero-order chi connectivity index (χ0) is 27.4. The molecular weight excluding hydrogens is 511 g/mol. The third-order valence-corrected chi connectivity index (χ3v) is 6.11. The summed E-state index contributed by atoms with van der Waals surface area (Å²) < 4.78 is 66.5. The average molecular weight is 534 g/mol. The minimum atomic E-state index is -4.73. The summed E-state index contributed by atoms with van der Waals surface area (Å²) in [6.07, 6.45) is -1.56. The Morgan fingerprint density at radius 3 is 2.45 bits per heavy atom. The molecule has 1 amide bonds. The van der Waals surface area contributed by atoms with Crippen LogP contribution in [-0.2, 0) is 17.4 Å². The van der Waals surface area contributed by atoms with Crippen molar-refractivity contribution in [1.82, 2.24) is 24.8 Å². The molecule has 1 saturated heterocycles. The first-order valence-corrected chi connectivity index (χ1v) is 11.7. The molecular formula is C25H23F5N6O2. The van der Waals surface area contributed by atoms with E-state index < -0.39 is 23.6 Å². The molecule has 1 aromatic carbocycles. The van der Waals surface area contributed by atoms with Crippen LogP contribution in [0.25, 0.3) is 0 Å². The van der Waals surface area contributed by atoms with Crippen molar-refractivity contribution in [2.24, 2.45) is 5.16 Å². The van der Waals surface area contributed by atoms with E-state index in [0.717, 1.165) is 24.4 Å². The molecule has 0 bridgehead atoms. The highest BCUT2D eigenvalue weighted by atomic mass is 19.4. The molecule has 0 atom stereocenters. The molecule has 38 heavy (non-hydrogen) atoms. The Labute approximate surface area is 214 Å². The van der Waals surface area contributed by atoms with E-state index >= 15 is 0 Å². The van der Waals surface area contributed by atoms with Crippen LogP contribution in [0.15, 0.2) is 41.8 Å². The molecule has 1 fully saturated rings. The Bertz CT molecular complexity index is 1340. The Morgan fingerprint density at radius 2 is 1.79 bits per heavy atom. The van der Waals surface area contributed by atoms with E-state index in [1.165, 1.54) is 6.07 Å². The lowest BCUT2D eigenvalue weighted by Crippen LogP contribution is -2.39. The maximum absolute atomic E-state index is 14.0. The predicted octanol–water partition coefficient (Wildman–Crippen LogP) is 4.62. The third-order valence-electron chi connectivity index (χ3n) is 6.11. The second-order valence-corrected chi connectivity index (χ2v) is 8.73. The van der Waals surface area contributed by atoms with Gasteiger partial charge in [-0.3, -0.25) is 4.79 Å². The number of hydrogen-bond donors (Lipinski definition) is 0. The first-order valence-electron chi connectivity index (χ1n) is 11.7. The molecule has 13 heteroatoms. The van der Waals surface area contributed by atoms with Crippen LogP contribution in [-0.4, -0.2) is 49.5 Å². The van der Waals surface area contributed by atoms with Crippen LogP contribution in [0, 0.1) is 18.6 Å². The number of benzene rings is 1. The predicted molar refractivity (Wildman–Crippen MR) is 125 cm³/mol. The van der Waals surface area contributed by atoms with Gasteiger partial charge in [0, 0.05) is 48.6 Å². The molecule has 0 spiro atoms. The van der Waals surface area contributed by atoms with Crippen LogP contribution < -0.4 is 4.84 Å². The molecule has 8 nitrogen and oxygen atoms in total. The molecule has 0 aliphatic carbocycles. The average Bonchev–Trinajstić information content (AvgIpc) is 2.89. The van der Waals surface area contributed by atoms with Gasteiger partial charge in [0.05, 0.1) is 17.8 Å². The molecule has 2 aromatic heterocycles. The number of amides is 1. The van der Waals surface area contributed by atoms with Crippen molar-refractivity contribution >= 4 is 11.6 Å². The summed E-state index contributed by atoms with van der Waals surface area (Å²) in [6, 6.07) is 4.63. The van der Waals surface area contributed by atoms with E-state index in [2.05, 4.69) is 25.1 Å². The number of likely N-dealkylation sites (tertiary alicyclic amines) is 1. The van der Waals surface area contributed by atoms with Gasteiger partial charge in [-0.15, -0.1) is 0 Å². The highest BCUT2D eigenvalue weighted by Crippen LogP contribution is 2.30. The van der Waals surface area contributed by atoms with Crippen molar-refractivity contribution < 1.29 is 31.6 Å². The number of aryl methyl sites for hydroxylation is 1. The van der Waals surface area contributed by atoms with Gasteiger partial charge >= 0.3 is 6.18 Å². The molecule has 1 aliphatic heterocycles. The van der Waals surface area contributed by atoms with Crippen LogP contribution >= 0.6 is 0 Å². The zero-order valence-electron chi connectivity index (χ0n) is 20.5. The number of piperidine rings is 1. The maximum Gasteiger partial charge on any atom is 0.451 e.